The van der Waals surface area contributed by atoms with Gasteiger partial charge in [0, 0.05) is 42.9 Å². The Kier molecular flexibility index (Phi) is 6.80. The maximum Gasteiger partial charge on any atom is 0.274 e. The Balaban J connectivity index is 2.07. The van der Waals surface area contributed by atoms with Crippen molar-refractivity contribution in [1.29, 1.82) is 0 Å². The van der Waals surface area contributed by atoms with Crippen molar-refractivity contribution in [3.8, 4) is 11.6 Å². The van der Waals surface area contributed by atoms with Crippen molar-refractivity contribution in [2.75, 3.05) is 13.1 Å². The quantitative estimate of drug-likeness (QED) is 0.475. The van der Waals surface area contributed by atoms with E-state index in [1.54, 1.807) is 32.6 Å². The summed E-state index contributed by atoms with van der Waals surface area (Å²) in [4.78, 5) is 24.9. The molecule has 1 aliphatic heterocycles. The van der Waals surface area contributed by atoms with Gasteiger partial charge in [0.15, 0.2) is 5.69 Å². The highest BCUT2D eigenvalue weighted by Crippen LogP contribution is 2.35. The number of nitrogens with one attached hydrogen (secondary N) is 1. The van der Waals surface area contributed by atoms with Gasteiger partial charge in [-0.25, -0.2) is 17.8 Å². The molecule has 11 nitrogen and oxygen atoms in total. The molecule has 1 N–H and O–H groups in total. The molecule has 1 aliphatic rings. The number of nitro benzene ring substituents is 1. The van der Waals surface area contributed by atoms with Crippen LogP contribution in [0, 0.1) is 17.0 Å². The SMILES string of the molecule is CCn1nc(C(=O)N2CCCC2)c(C)c1Oc1ccc([N+](=O)[O-])cc1S(=O)(=O)NC(C)(C)C. The molecule has 1 aromatic heterocycles. The molecule has 0 radical (unpaired) electrons. The summed E-state index contributed by atoms with van der Waals surface area (Å²) >= 11 is 0. The molecule has 0 saturated carbocycles. The first-order chi connectivity index (χ1) is 15.3. The number of carbonyl (C=O) groups excluding carboxylic acids is 1. The zero-order chi connectivity index (χ0) is 24.6. The van der Waals surface area contributed by atoms with Gasteiger partial charge in [0.25, 0.3) is 11.6 Å². The number of hydrogen-bond acceptors (Lipinski definition) is 7. The van der Waals surface area contributed by atoms with E-state index in [-0.39, 0.29) is 33.8 Å². The van der Waals surface area contributed by atoms with E-state index in [0.717, 1.165) is 18.9 Å². The van der Waals surface area contributed by atoms with Crippen LogP contribution in [0.1, 0.15) is 56.6 Å². The number of nitrogens with zero attached hydrogens (tertiary/aromatic N) is 4. The van der Waals surface area contributed by atoms with E-state index in [1.807, 2.05) is 6.92 Å². The van der Waals surface area contributed by atoms with Gasteiger partial charge in [-0.3, -0.25) is 14.9 Å². The van der Waals surface area contributed by atoms with Gasteiger partial charge in [-0.1, -0.05) is 0 Å². The van der Waals surface area contributed by atoms with E-state index >= 15 is 0 Å². The Morgan fingerprint density at radius 1 is 1.27 bits per heavy atom. The van der Waals surface area contributed by atoms with Gasteiger partial charge in [-0.2, -0.15) is 5.10 Å². The lowest BCUT2D eigenvalue weighted by Gasteiger charge is -2.21. The molecule has 1 amide bonds. The molecular weight excluding hydrogens is 450 g/mol. The van der Waals surface area contributed by atoms with Gasteiger partial charge in [-0.15, -0.1) is 0 Å². The maximum absolute atomic E-state index is 13.1. The Morgan fingerprint density at radius 2 is 1.91 bits per heavy atom. The molecule has 2 aromatic rings. The van der Waals surface area contributed by atoms with E-state index in [1.165, 1.54) is 16.8 Å². The number of sulfonamides is 1. The molecule has 0 aliphatic carbocycles. The van der Waals surface area contributed by atoms with Crippen molar-refractivity contribution in [2.45, 2.75) is 64.4 Å². The zero-order valence-electron chi connectivity index (χ0n) is 19.4. The van der Waals surface area contributed by atoms with Crippen LogP contribution in [0.15, 0.2) is 23.1 Å². The first-order valence-corrected chi connectivity index (χ1v) is 12.2. The van der Waals surface area contributed by atoms with Gasteiger partial charge in [0.05, 0.1) is 4.92 Å². The average molecular weight is 480 g/mol. The lowest BCUT2D eigenvalue weighted by atomic mass is 10.1. The second-order valence-corrected chi connectivity index (χ2v) is 10.6. The minimum Gasteiger partial charge on any atom is -0.438 e. The van der Waals surface area contributed by atoms with Gasteiger partial charge < -0.3 is 9.64 Å². The monoisotopic (exact) mass is 479 g/mol. The van der Waals surface area contributed by atoms with Crippen LogP contribution < -0.4 is 9.46 Å². The molecule has 12 heteroatoms. The van der Waals surface area contributed by atoms with Gasteiger partial charge in [0.1, 0.15) is 10.6 Å². The van der Waals surface area contributed by atoms with E-state index in [4.69, 9.17) is 4.74 Å². The van der Waals surface area contributed by atoms with Crippen LogP contribution in [0.4, 0.5) is 5.69 Å². The van der Waals surface area contributed by atoms with Crippen molar-refractivity contribution < 1.29 is 22.9 Å². The number of benzene rings is 1. The third-order valence-corrected chi connectivity index (χ3v) is 6.88. The van der Waals surface area contributed by atoms with Crippen LogP contribution in [-0.2, 0) is 16.6 Å². The number of aromatic nitrogens is 2. The van der Waals surface area contributed by atoms with Crippen LogP contribution in [-0.4, -0.2) is 52.6 Å². The summed E-state index contributed by atoms with van der Waals surface area (Å²) in [5.74, 6) is -0.0932. The third-order valence-electron chi connectivity index (χ3n) is 5.10. The first-order valence-electron chi connectivity index (χ1n) is 10.7. The molecular formula is C21H29N5O6S. The first kappa shape index (κ1) is 24.6. The molecule has 3 rings (SSSR count). The molecule has 0 bridgehead atoms. The average Bonchev–Trinajstić information content (AvgIpc) is 3.35. The summed E-state index contributed by atoms with van der Waals surface area (Å²) in [6.07, 6.45) is 1.88. The van der Waals surface area contributed by atoms with E-state index in [2.05, 4.69) is 9.82 Å². The second-order valence-electron chi connectivity index (χ2n) is 8.94. The number of rotatable bonds is 7. The fourth-order valence-electron chi connectivity index (χ4n) is 3.62. The summed E-state index contributed by atoms with van der Waals surface area (Å²) in [6.45, 7) is 10.2. The van der Waals surface area contributed by atoms with Crippen molar-refractivity contribution in [1.82, 2.24) is 19.4 Å². The topological polar surface area (TPSA) is 137 Å². The van der Waals surface area contributed by atoms with Crippen molar-refractivity contribution >= 4 is 21.6 Å². The molecule has 2 heterocycles. The van der Waals surface area contributed by atoms with Gasteiger partial charge in [0.2, 0.25) is 15.9 Å². The third kappa shape index (κ3) is 5.33. The minimum absolute atomic E-state index is 0.102. The van der Waals surface area contributed by atoms with E-state index in [9.17, 15) is 23.3 Å². The molecule has 0 atom stereocenters. The summed E-state index contributed by atoms with van der Waals surface area (Å²) in [7, 11) is -4.16. The molecule has 33 heavy (non-hydrogen) atoms. The van der Waals surface area contributed by atoms with Crippen LogP contribution >= 0.6 is 0 Å². The van der Waals surface area contributed by atoms with Crippen LogP contribution in [0.2, 0.25) is 0 Å². The van der Waals surface area contributed by atoms with Gasteiger partial charge >= 0.3 is 0 Å². The Bertz CT molecular complexity index is 1180. The maximum atomic E-state index is 13.1. The van der Waals surface area contributed by atoms with Crippen LogP contribution in [0.5, 0.6) is 11.6 Å². The largest absolute Gasteiger partial charge is 0.438 e. The highest BCUT2D eigenvalue weighted by molar-refractivity contribution is 7.89. The fourth-order valence-corrected chi connectivity index (χ4v) is 5.19. The van der Waals surface area contributed by atoms with Crippen LogP contribution in [0.25, 0.3) is 0 Å². The van der Waals surface area contributed by atoms with Gasteiger partial charge in [-0.05, 0) is 53.5 Å². The van der Waals surface area contributed by atoms with Crippen molar-refractivity contribution in [3.63, 3.8) is 0 Å². The summed E-state index contributed by atoms with van der Waals surface area (Å²) in [5, 5.41) is 15.7. The number of non-ortho nitro benzene ring substituents is 1. The molecule has 0 spiro atoms. The van der Waals surface area contributed by atoms with E-state index in [0.29, 0.717) is 25.2 Å². The highest BCUT2D eigenvalue weighted by Gasteiger charge is 2.31. The standard InChI is InChI=1S/C21H29N5O6S/c1-6-25-20(14(2)18(22-25)19(27)24-11-7-8-12-24)32-16-10-9-15(26(28)29)13-17(16)33(30,31)23-21(3,4)5/h9-10,13,23H,6-8,11-12H2,1-5H3. The number of ether oxygens (including phenoxy) is 1. The Hall–Kier alpha value is -2.99. The predicted molar refractivity (Wildman–Crippen MR) is 121 cm³/mol. The highest BCUT2D eigenvalue weighted by atomic mass is 32.2. The molecule has 180 valence electrons. The Morgan fingerprint density at radius 3 is 2.45 bits per heavy atom. The van der Waals surface area contributed by atoms with Crippen LogP contribution in [0.3, 0.4) is 0 Å². The summed E-state index contributed by atoms with van der Waals surface area (Å²) in [5.41, 5.74) is -0.494. The Labute approximate surface area is 192 Å². The smallest absolute Gasteiger partial charge is 0.274 e. The van der Waals surface area contributed by atoms with E-state index < -0.39 is 20.5 Å². The molecule has 1 saturated heterocycles. The summed E-state index contributed by atoms with van der Waals surface area (Å²) in [6, 6.07) is 3.37. The number of likely N-dealkylation sites (tertiary alicyclic amines) is 1. The zero-order valence-corrected chi connectivity index (χ0v) is 20.2. The molecule has 1 aromatic carbocycles. The number of amides is 1. The number of aryl methyl sites for hydroxylation is 1. The number of hydrogen-bond donors (Lipinski definition) is 1. The van der Waals surface area contributed by atoms with Crippen molar-refractivity contribution in [3.05, 3.63) is 39.6 Å². The minimum atomic E-state index is -4.16. The fraction of sp³-hybridized carbons (Fsp3) is 0.524. The molecule has 0 unspecified atom stereocenters. The lowest BCUT2D eigenvalue weighted by molar-refractivity contribution is -0.385. The predicted octanol–water partition coefficient (Wildman–Crippen LogP) is 3.22. The number of nitro groups is 1. The second kappa shape index (κ2) is 9.10. The normalized spacial score (nSPS) is 14.5. The summed E-state index contributed by atoms with van der Waals surface area (Å²) < 4.78 is 36.1. The molecule has 1 fully saturated rings. The number of carbonyl (C=O) groups is 1. The lowest BCUT2D eigenvalue weighted by Crippen LogP contribution is -2.40. The van der Waals surface area contributed by atoms with Crippen molar-refractivity contribution in [2.24, 2.45) is 0 Å².